The summed E-state index contributed by atoms with van der Waals surface area (Å²) in [4.78, 5) is 25.7. The number of allylic oxidation sites excluding steroid dienone is 4. The zero-order chi connectivity index (χ0) is 28.9. The molecule has 0 saturated carbocycles. The van der Waals surface area contributed by atoms with Crippen molar-refractivity contribution in [1.82, 2.24) is 9.88 Å². The number of carbonyl (C=O) groups is 1. The topological polar surface area (TPSA) is 73.5 Å². The van der Waals surface area contributed by atoms with Gasteiger partial charge in [-0.15, -0.1) is 0 Å². The van der Waals surface area contributed by atoms with E-state index in [1.165, 1.54) is 10.8 Å². The lowest BCUT2D eigenvalue weighted by Crippen LogP contribution is -2.63. The summed E-state index contributed by atoms with van der Waals surface area (Å²) in [6.07, 6.45) is 12.3. The van der Waals surface area contributed by atoms with Crippen LogP contribution in [-0.2, 0) is 6.42 Å². The molecular weight excluding hydrogens is 528 g/mol. The van der Waals surface area contributed by atoms with Crippen LogP contribution in [0.15, 0.2) is 112 Å². The van der Waals surface area contributed by atoms with Crippen molar-refractivity contribution in [3.63, 3.8) is 0 Å². The molecule has 0 radical (unpaired) electrons. The Morgan fingerprint density at radius 1 is 1.00 bits per heavy atom. The average molecular weight is 567 g/mol. The minimum Gasteiger partial charge on any atom is -0.538 e. The van der Waals surface area contributed by atoms with Crippen LogP contribution in [0, 0.1) is 0 Å². The number of rotatable bonds is 9. The maximum Gasteiger partial charge on any atom is 0.428 e. The van der Waals surface area contributed by atoms with Crippen molar-refractivity contribution in [2.75, 3.05) is 6.54 Å². The molecule has 2 unspecified atom stereocenters. The fourth-order valence-electron chi connectivity index (χ4n) is 5.87. The van der Waals surface area contributed by atoms with Gasteiger partial charge < -0.3 is 14.2 Å². The van der Waals surface area contributed by atoms with Crippen molar-refractivity contribution < 1.29 is 13.6 Å². The van der Waals surface area contributed by atoms with Crippen molar-refractivity contribution in [1.29, 1.82) is 0 Å². The van der Waals surface area contributed by atoms with Crippen LogP contribution in [0.4, 0.5) is 4.79 Å². The van der Waals surface area contributed by atoms with Gasteiger partial charge in [-0.05, 0) is 53.6 Å². The molecule has 0 bridgehead atoms. The summed E-state index contributed by atoms with van der Waals surface area (Å²) in [5, 5.41) is 3.92. The number of aromatic nitrogens is 1. The van der Waals surface area contributed by atoms with E-state index in [0.717, 1.165) is 30.3 Å². The van der Waals surface area contributed by atoms with Gasteiger partial charge >= 0.3 is 11.8 Å². The lowest BCUT2D eigenvalue weighted by molar-refractivity contribution is 0.241. The van der Waals surface area contributed by atoms with Crippen LogP contribution in [0.25, 0.3) is 11.1 Å². The Kier molecular flexibility index (Phi) is 8.45. The maximum atomic E-state index is 13.0. The van der Waals surface area contributed by atoms with Crippen LogP contribution >= 0.6 is 0 Å². The third kappa shape index (κ3) is 6.00. The van der Waals surface area contributed by atoms with Crippen molar-refractivity contribution in [3.05, 3.63) is 119 Å². The highest BCUT2D eigenvalue weighted by Gasteiger charge is 2.55. The molecule has 0 fully saturated rings. The summed E-state index contributed by atoms with van der Waals surface area (Å²) in [6.45, 7) is 7.22. The van der Waals surface area contributed by atoms with Gasteiger partial charge in [-0.1, -0.05) is 106 Å². The molecule has 212 valence electrons. The monoisotopic (exact) mass is 566 g/mol. The Hall–Kier alpha value is -4.10. The van der Waals surface area contributed by atoms with Gasteiger partial charge in [0.15, 0.2) is 5.58 Å². The zero-order valence-corrected chi connectivity index (χ0v) is 25.0. The quantitative estimate of drug-likeness (QED) is 0.173. The van der Waals surface area contributed by atoms with Crippen LogP contribution in [0.5, 0.6) is 5.75 Å². The first-order valence-corrected chi connectivity index (χ1v) is 16.3. The number of oxazole rings is 1. The van der Waals surface area contributed by atoms with Crippen molar-refractivity contribution in [3.8, 4) is 5.75 Å². The summed E-state index contributed by atoms with van der Waals surface area (Å²) in [5.41, 5.74) is 2.24. The molecule has 41 heavy (non-hydrogen) atoms. The molecule has 1 aliphatic rings. The van der Waals surface area contributed by atoms with Gasteiger partial charge in [-0.25, -0.2) is 9.59 Å². The molecule has 6 nitrogen and oxygen atoms in total. The number of hydrogen-bond donors (Lipinski definition) is 1. The molecule has 7 heteroatoms. The van der Waals surface area contributed by atoms with Crippen LogP contribution in [0.3, 0.4) is 0 Å². The minimum absolute atomic E-state index is 0.156. The highest BCUT2D eigenvalue weighted by atomic mass is 28.4. The summed E-state index contributed by atoms with van der Waals surface area (Å²) in [7, 11) is -2.72. The summed E-state index contributed by atoms with van der Waals surface area (Å²) < 4.78 is 13.7. The van der Waals surface area contributed by atoms with Crippen LogP contribution < -0.4 is 20.7 Å². The van der Waals surface area contributed by atoms with E-state index in [-0.39, 0.29) is 10.6 Å². The Bertz CT molecular complexity index is 1600. The third-order valence-corrected chi connectivity index (χ3v) is 13.3. The normalized spacial score (nSPS) is 16.4. The van der Waals surface area contributed by atoms with Gasteiger partial charge in [-0.2, -0.15) is 4.57 Å². The average Bonchev–Trinajstić information content (AvgIpc) is 3.31. The first-order chi connectivity index (χ1) is 19.8. The highest BCUT2D eigenvalue weighted by Crippen LogP contribution is 2.47. The molecule has 4 aromatic rings. The number of benzene rings is 3. The van der Waals surface area contributed by atoms with Gasteiger partial charge in [0.05, 0.1) is 0 Å². The molecule has 0 aliphatic heterocycles. The van der Waals surface area contributed by atoms with Crippen molar-refractivity contribution in [2.24, 2.45) is 0 Å². The number of aryl methyl sites for hydroxylation is 1. The van der Waals surface area contributed by atoms with Gasteiger partial charge in [0, 0.05) is 18.2 Å². The Labute approximate surface area is 242 Å². The lowest BCUT2D eigenvalue weighted by atomic mass is 10.1. The molecule has 1 N–H and O–H groups in total. The third-order valence-electron chi connectivity index (χ3n) is 7.86. The molecule has 1 aliphatic carbocycles. The lowest BCUT2D eigenvalue weighted by Gasteiger charge is -2.47. The first-order valence-electron chi connectivity index (χ1n) is 14.4. The van der Waals surface area contributed by atoms with E-state index in [1.807, 2.05) is 30.3 Å². The SMILES string of the molecule is CC(C)(C)[Si](Oc1ccc2c(c1)oc(=O)n2C(=O)NCCCCc1ccccc1)(c1ccccc1)C1C=CC=CC1. The largest absolute Gasteiger partial charge is 0.538 e. The maximum absolute atomic E-state index is 13.0. The molecule has 3 aromatic carbocycles. The molecule has 1 amide bonds. The van der Waals surface area contributed by atoms with E-state index >= 15 is 0 Å². The molecule has 0 spiro atoms. The van der Waals surface area contributed by atoms with E-state index in [9.17, 15) is 9.59 Å². The molecule has 0 saturated heterocycles. The van der Waals surface area contributed by atoms with E-state index in [4.69, 9.17) is 8.84 Å². The zero-order valence-electron chi connectivity index (χ0n) is 24.0. The Morgan fingerprint density at radius 2 is 1.73 bits per heavy atom. The van der Waals surface area contributed by atoms with Gasteiger partial charge in [0.25, 0.3) is 8.32 Å². The second kappa shape index (κ2) is 12.2. The smallest absolute Gasteiger partial charge is 0.428 e. The number of unbranched alkanes of at least 4 members (excludes halogenated alkanes) is 1. The number of amides is 1. The number of nitrogens with one attached hydrogen (secondary N) is 1. The fraction of sp³-hybridized carbons (Fsp3) is 0.294. The second-order valence-electron chi connectivity index (χ2n) is 11.6. The molecule has 1 aromatic heterocycles. The number of fused-ring (bicyclic) bond motifs is 1. The van der Waals surface area contributed by atoms with E-state index in [0.29, 0.717) is 23.4 Å². The van der Waals surface area contributed by atoms with Crippen LogP contribution in [0.2, 0.25) is 10.6 Å². The number of carbonyl (C=O) groups excluding carboxylic acids is 1. The number of hydrogen-bond acceptors (Lipinski definition) is 4. The van der Waals surface area contributed by atoms with E-state index in [2.05, 4.69) is 86.8 Å². The molecule has 1 heterocycles. The summed E-state index contributed by atoms with van der Waals surface area (Å²) >= 11 is 0. The van der Waals surface area contributed by atoms with Crippen molar-refractivity contribution in [2.45, 2.75) is 57.0 Å². The Balaban J connectivity index is 1.37. The second-order valence-corrected chi connectivity index (χ2v) is 16.1. The minimum atomic E-state index is -2.72. The summed E-state index contributed by atoms with van der Waals surface area (Å²) in [6, 6.07) is 25.6. The van der Waals surface area contributed by atoms with E-state index < -0.39 is 20.1 Å². The Morgan fingerprint density at radius 3 is 2.41 bits per heavy atom. The predicted molar refractivity (Wildman–Crippen MR) is 167 cm³/mol. The first kappa shape index (κ1) is 28.4. The fourth-order valence-corrected chi connectivity index (χ4v) is 10.9. The van der Waals surface area contributed by atoms with E-state index in [1.54, 1.807) is 12.1 Å². The van der Waals surface area contributed by atoms with Crippen LogP contribution in [0.1, 0.15) is 45.6 Å². The van der Waals surface area contributed by atoms with Gasteiger partial charge in [0.2, 0.25) is 0 Å². The molecular formula is C34H38N2O4Si. The highest BCUT2D eigenvalue weighted by molar-refractivity contribution is 6.91. The summed E-state index contributed by atoms with van der Waals surface area (Å²) in [5.74, 6) is -0.0743. The molecule has 2 atom stereocenters. The molecule has 5 rings (SSSR count). The van der Waals surface area contributed by atoms with Gasteiger partial charge in [-0.3, -0.25) is 0 Å². The number of nitrogens with zero attached hydrogens (tertiary/aromatic N) is 1. The predicted octanol–water partition coefficient (Wildman–Crippen LogP) is 7.09. The van der Waals surface area contributed by atoms with Crippen molar-refractivity contribution >= 4 is 30.6 Å². The van der Waals surface area contributed by atoms with Gasteiger partial charge in [0.1, 0.15) is 11.3 Å². The van der Waals surface area contributed by atoms with Crippen LogP contribution in [-0.4, -0.2) is 25.5 Å². The standard InChI is InChI=1S/C34H38N2O4Si/c1-34(2,3)41(28-18-9-5-10-19-28,29-20-11-6-12-21-29)40-27-22-23-30-31(25-27)39-33(38)36(30)32(37)35-24-14-13-17-26-15-7-4-8-16-26/h4-12,15-16,18-20,22-23,25,29H,13-14,17,21,24H2,1-3H3,(H,35,37).